The van der Waals surface area contributed by atoms with Gasteiger partial charge in [-0.15, -0.1) is 0 Å². The van der Waals surface area contributed by atoms with E-state index in [9.17, 15) is 13.2 Å². The molecule has 0 spiro atoms. The molecule has 1 amide bonds. The van der Waals surface area contributed by atoms with Crippen LogP contribution >= 0.6 is 0 Å². The van der Waals surface area contributed by atoms with Gasteiger partial charge in [0.1, 0.15) is 5.75 Å². The maximum Gasteiger partial charge on any atom is 0.255 e. The number of ether oxygens (including phenoxy) is 1. The Bertz CT molecular complexity index is 907. The Morgan fingerprint density at radius 3 is 2.41 bits per heavy atom. The van der Waals surface area contributed by atoms with Crippen molar-refractivity contribution in [2.24, 2.45) is 0 Å². The molecule has 1 aliphatic rings. The largest absolute Gasteiger partial charge is 0.496 e. The average molecular weight is 388 g/mol. The van der Waals surface area contributed by atoms with Crippen LogP contribution in [-0.4, -0.2) is 38.8 Å². The molecule has 0 saturated carbocycles. The molecule has 1 aliphatic heterocycles. The number of amides is 1. The second-order valence-corrected chi connectivity index (χ2v) is 8.52. The van der Waals surface area contributed by atoms with Gasteiger partial charge in [0.05, 0.1) is 23.6 Å². The Balaban J connectivity index is 1.88. The first-order valence-corrected chi connectivity index (χ1v) is 10.4. The summed E-state index contributed by atoms with van der Waals surface area (Å²) in [6.07, 6.45) is 1.72. The lowest BCUT2D eigenvalue weighted by Crippen LogP contribution is -2.29. The molecule has 1 atom stereocenters. The van der Waals surface area contributed by atoms with Crippen LogP contribution in [-0.2, 0) is 10.0 Å². The molecule has 0 bridgehead atoms. The second-order valence-electron chi connectivity index (χ2n) is 6.58. The van der Waals surface area contributed by atoms with E-state index in [1.807, 2.05) is 37.3 Å². The first kappa shape index (κ1) is 19.4. The highest BCUT2D eigenvalue weighted by atomic mass is 32.2. The fourth-order valence-electron chi connectivity index (χ4n) is 3.20. The van der Waals surface area contributed by atoms with Gasteiger partial charge < -0.3 is 10.1 Å². The zero-order chi connectivity index (χ0) is 19.4. The maximum absolute atomic E-state index is 12.8. The van der Waals surface area contributed by atoms with Crippen molar-refractivity contribution in [3.8, 4) is 5.75 Å². The summed E-state index contributed by atoms with van der Waals surface area (Å²) >= 11 is 0. The number of sulfonamides is 1. The third kappa shape index (κ3) is 4.14. The number of hydrogen-bond acceptors (Lipinski definition) is 4. The molecular formula is C20H24N2O4S. The van der Waals surface area contributed by atoms with Gasteiger partial charge in [-0.05, 0) is 43.5 Å². The number of benzene rings is 2. The Morgan fingerprint density at radius 1 is 1.11 bits per heavy atom. The van der Waals surface area contributed by atoms with Crippen LogP contribution in [0.2, 0.25) is 0 Å². The first-order valence-electron chi connectivity index (χ1n) is 8.97. The van der Waals surface area contributed by atoms with Gasteiger partial charge in [-0.3, -0.25) is 4.79 Å². The molecule has 1 fully saturated rings. The van der Waals surface area contributed by atoms with E-state index in [2.05, 4.69) is 5.32 Å². The standard InChI is InChI=1S/C20H24N2O4S/c1-15(16-8-4-3-5-9-16)21-20(23)18-14-17(10-11-19(18)26-2)27(24,25)22-12-6-7-13-22/h3-5,8-11,14-15H,6-7,12-13H2,1-2H3,(H,21,23)/t15-/m0/s1. The molecule has 0 aliphatic carbocycles. The van der Waals surface area contributed by atoms with Crippen LogP contribution in [0.25, 0.3) is 0 Å². The summed E-state index contributed by atoms with van der Waals surface area (Å²) < 4.78 is 32.4. The molecule has 2 aromatic rings. The van der Waals surface area contributed by atoms with Gasteiger partial charge >= 0.3 is 0 Å². The topological polar surface area (TPSA) is 75.7 Å². The third-order valence-corrected chi connectivity index (χ3v) is 6.66. The van der Waals surface area contributed by atoms with Gasteiger partial charge in [0.15, 0.2) is 0 Å². The molecule has 3 rings (SSSR count). The van der Waals surface area contributed by atoms with Crippen molar-refractivity contribution < 1.29 is 17.9 Å². The summed E-state index contributed by atoms with van der Waals surface area (Å²) in [6, 6.07) is 13.8. The van der Waals surface area contributed by atoms with Crippen molar-refractivity contribution in [1.29, 1.82) is 0 Å². The second kappa shape index (κ2) is 8.10. The molecule has 6 nitrogen and oxygen atoms in total. The summed E-state index contributed by atoms with van der Waals surface area (Å²) in [5.41, 5.74) is 1.17. The number of nitrogens with zero attached hydrogens (tertiary/aromatic N) is 1. The fraction of sp³-hybridized carbons (Fsp3) is 0.350. The van der Waals surface area contributed by atoms with E-state index >= 15 is 0 Å². The van der Waals surface area contributed by atoms with Crippen LogP contribution in [0.4, 0.5) is 0 Å². The highest BCUT2D eigenvalue weighted by Crippen LogP contribution is 2.27. The number of carbonyl (C=O) groups excluding carboxylic acids is 1. The quantitative estimate of drug-likeness (QED) is 0.825. The monoisotopic (exact) mass is 388 g/mol. The van der Waals surface area contributed by atoms with Gasteiger partial charge in [0.25, 0.3) is 5.91 Å². The minimum atomic E-state index is -3.60. The number of carbonyl (C=O) groups is 1. The molecule has 0 radical (unpaired) electrons. The summed E-state index contributed by atoms with van der Waals surface area (Å²) in [6.45, 7) is 2.91. The normalized spacial score (nSPS) is 16.1. The Kier molecular flexibility index (Phi) is 5.82. The Morgan fingerprint density at radius 2 is 1.78 bits per heavy atom. The average Bonchev–Trinajstić information content (AvgIpc) is 3.23. The summed E-state index contributed by atoms with van der Waals surface area (Å²) in [5.74, 6) is -0.0326. The van der Waals surface area contributed by atoms with E-state index in [1.54, 1.807) is 0 Å². The van der Waals surface area contributed by atoms with Gasteiger partial charge in [-0.1, -0.05) is 30.3 Å². The smallest absolute Gasteiger partial charge is 0.255 e. The fourth-order valence-corrected chi connectivity index (χ4v) is 4.75. The van der Waals surface area contributed by atoms with Crippen molar-refractivity contribution >= 4 is 15.9 Å². The lowest BCUT2D eigenvalue weighted by atomic mass is 10.1. The highest BCUT2D eigenvalue weighted by Gasteiger charge is 2.28. The van der Waals surface area contributed by atoms with Crippen LogP contribution in [0, 0.1) is 0 Å². The molecule has 1 heterocycles. The summed E-state index contributed by atoms with van der Waals surface area (Å²) in [7, 11) is -2.14. The van der Waals surface area contributed by atoms with Crippen molar-refractivity contribution in [2.75, 3.05) is 20.2 Å². The molecule has 1 N–H and O–H groups in total. The zero-order valence-electron chi connectivity index (χ0n) is 15.5. The van der Waals surface area contributed by atoms with Gasteiger partial charge in [-0.25, -0.2) is 8.42 Å². The van der Waals surface area contributed by atoms with Crippen LogP contribution in [0.15, 0.2) is 53.4 Å². The lowest BCUT2D eigenvalue weighted by molar-refractivity contribution is 0.0936. The SMILES string of the molecule is COc1ccc(S(=O)(=O)N2CCCC2)cc1C(=O)N[C@@H](C)c1ccccc1. The number of rotatable bonds is 6. The third-order valence-electron chi connectivity index (χ3n) is 4.77. The highest BCUT2D eigenvalue weighted by molar-refractivity contribution is 7.89. The summed E-state index contributed by atoms with van der Waals surface area (Å²) in [4.78, 5) is 12.9. The molecule has 0 aromatic heterocycles. The van der Waals surface area contributed by atoms with E-state index in [0.717, 1.165) is 18.4 Å². The molecule has 0 unspecified atom stereocenters. The van der Waals surface area contributed by atoms with Crippen molar-refractivity contribution in [1.82, 2.24) is 9.62 Å². The minimum absolute atomic E-state index is 0.114. The van der Waals surface area contributed by atoms with E-state index in [1.165, 1.54) is 29.6 Å². The van der Waals surface area contributed by atoms with E-state index in [-0.39, 0.29) is 22.4 Å². The van der Waals surface area contributed by atoms with Crippen molar-refractivity contribution in [3.05, 3.63) is 59.7 Å². The van der Waals surface area contributed by atoms with E-state index in [4.69, 9.17) is 4.74 Å². The van der Waals surface area contributed by atoms with Crippen LogP contribution in [0.3, 0.4) is 0 Å². The minimum Gasteiger partial charge on any atom is -0.496 e. The Hall–Kier alpha value is -2.38. The van der Waals surface area contributed by atoms with Crippen molar-refractivity contribution in [3.63, 3.8) is 0 Å². The molecule has 144 valence electrons. The van der Waals surface area contributed by atoms with Crippen molar-refractivity contribution in [2.45, 2.75) is 30.7 Å². The molecule has 27 heavy (non-hydrogen) atoms. The van der Waals surface area contributed by atoms with E-state index in [0.29, 0.717) is 18.8 Å². The zero-order valence-corrected chi connectivity index (χ0v) is 16.3. The van der Waals surface area contributed by atoms with Gasteiger partial charge in [-0.2, -0.15) is 4.31 Å². The van der Waals surface area contributed by atoms with Crippen LogP contribution in [0.1, 0.15) is 41.7 Å². The molecule has 2 aromatic carbocycles. The van der Waals surface area contributed by atoms with Gasteiger partial charge in [0.2, 0.25) is 10.0 Å². The van der Waals surface area contributed by atoms with Gasteiger partial charge in [0, 0.05) is 13.1 Å². The predicted molar refractivity (Wildman–Crippen MR) is 103 cm³/mol. The summed E-state index contributed by atoms with van der Waals surface area (Å²) in [5, 5.41) is 2.91. The molecule has 1 saturated heterocycles. The Labute approximate surface area is 160 Å². The number of hydrogen-bond donors (Lipinski definition) is 1. The number of methoxy groups -OCH3 is 1. The lowest BCUT2D eigenvalue weighted by Gasteiger charge is -2.18. The van der Waals surface area contributed by atoms with Crippen LogP contribution < -0.4 is 10.1 Å². The number of nitrogens with one attached hydrogen (secondary N) is 1. The van der Waals surface area contributed by atoms with E-state index < -0.39 is 10.0 Å². The molecule has 7 heteroatoms. The maximum atomic E-state index is 12.8. The van der Waals surface area contributed by atoms with Crippen LogP contribution in [0.5, 0.6) is 5.75 Å². The first-order chi connectivity index (χ1) is 12.9. The molecular weight excluding hydrogens is 364 g/mol. The predicted octanol–water partition coefficient (Wildman–Crippen LogP) is 2.97.